The molecule has 0 spiro atoms. The summed E-state index contributed by atoms with van der Waals surface area (Å²) in [5, 5.41) is 9.13. The summed E-state index contributed by atoms with van der Waals surface area (Å²) in [6, 6.07) is 3.04. The van der Waals surface area contributed by atoms with Crippen molar-refractivity contribution in [1.29, 1.82) is 0 Å². The van der Waals surface area contributed by atoms with Gasteiger partial charge in [-0.15, -0.1) is 0 Å². The lowest BCUT2D eigenvalue weighted by molar-refractivity contribution is -0.207. The van der Waals surface area contributed by atoms with Crippen LogP contribution in [0.25, 0.3) is 0 Å². The molecule has 0 heterocycles. The Morgan fingerprint density at radius 1 is 1.00 bits per heavy atom. The Morgan fingerprint density at radius 3 is 1.93 bits per heavy atom. The summed E-state index contributed by atoms with van der Waals surface area (Å²) in [7, 11) is 0. The smallest absolute Gasteiger partial charge is 0.379 e. The van der Waals surface area contributed by atoms with Gasteiger partial charge in [-0.2, -0.15) is 13.2 Å². The summed E-state index contributed by atoms with van der Waals surface area (Å²) >= 11 is 0. The molecule has 1 rings (SSSR count). The van der Waals surface area contributed by atoms with Crippen LogP contribution in [0.2, 0.25) is 0 Å². The highest BCUT2D eigenvalue weighted by Crippen LogP contribution is 2.34. The molecule has 84 valence electrons. The van der Waals surface area contributed by atoms with Crippen LogP contribution in [0.5, 0.6) is 0 Å². The highest BCUT2D eigenvalue weighted by atomic mass is 19.4. The van der Waals surface area contributed by atoms with Gasteiger partial charge in [0, 0.05) is 0 Å². The van der Waals surface area contributed by atoms with Gasteiger partial charge in [0.2, 0.25) is 0 Å². The van der Waals surface area contributed by atoms with Crippen molar-refractivity contribution in [2.45, 2.75) is 33.1 Å². The van der Waals surface area contributed by atoms with E-state index in [9.17, 15) is 13.2 Å². The van der Waals surface area contributed by atoms with Crippen LogP contribution in [0.15, 0.2) is 12.1 Å². The fourth-order valence-corrected chi connectivity index (χ4v) is 1.45. The quantitative estimate of drug-likeness (QED) is 0.767. The van der Waals surface area contributed by atoms with Crippen LogP contribution in [0.4, 0.5) is 13.2 Å². The Balaban J connectivity index is 3.21. The van der Waals surface area contributed by atoms with Gasteiger partial charge in [-0.25, -0.2) is 0 Å². The zero-order valence-electron chi connectivity index (χ0n) is 8.81. The molecule has 1 aromatic rings. The Kier molecular flexibility index (Phi) is 3.09. The molecule has 0 bridgehead atoms. The van der Waals surface area contributed by atoms with Crippen molar-refractivity contribution >= 4 is 0 Å². The van der Waals surface area contributed by atoms with Gasteiger partial charge in [-0.05, 0) is 43.0 Å². The van der Waals surface area contributed by atoms with Gasteiger partial charge < -0.3 is 5.11 Å². The maximum absolute atomic E-state index is 12.3. The van der Waals surface area contributed by atoms with Crippen molar-refractivity contribution in [2.75, 3.05) is 0 Å². The summed E-state index contributed by atoms with van der Waals surface area (Å²) in [6.07, 6.45) is -7.00. The zero-order valence-corrected chi connectivity index (χ0v) is 8.81. The molecule has 0 aliphatic rings. The lowest BCUT2D eigenvalue weighted by atomic mass is 9.97. The van der Waals surface area contributed by atoms with Crippen LogP contribution in [-0.2, 0) is 0 Å². The first-order valence-electron chi connectivity index (χ1n) is 4.56. The average molecular weight is 218 g/mol. The summed E-state index contributed by atoms with van der Waals surface area (Å²) < 4.78 is 36.9. The van der Waals surface area contributed by atoms with Crippen LogP contribution in [-0.4, -0.2) is 11.3 Å². The van der Waals surface area contributed by atoms with Crippen molar-refractivity contribution in [2.24, 2.45) is 0 Å². The molecule has 0 aliphatic heterocycles. The Morgan fingerprint density at radius 2 is 1.47 bits per heavy atom. The molecule has 0 amide bonds. The van der Waals surface area contributed by atoms with Crippen molar-refractivity contribution in [3.05, 3.63) is 34.4 Å². The SMILES string of the molecule is Cc1cc(C)c([C@H](O)C(F)(F)F)cc1C. The minimum Gasteiger partial charge on any atom is -0.379 e. The third-order valence-electron chi connectivity index (χ3n) is 2.49. The number of hydrogen-bond acceptors (Lipinski definition) is 1. The Labute approximate surface area is 86.5 Å². The van der Waals surface area contributed by atoms with Crippen molar-refractivity contribution in [3.63, 3.8) is 0 Å². The molecule has 1 N–H and O–H groups in total. The van der Waals surface area contributed by atoms with Gasteiger partial charge >= 0.3 is 6.18 Å². The van der Waals surface area contributed by atoms with Gasteiger partial charge in [-0.1, -0.05) is 12.1 Å². The van der Waals surface area contributed by atoms with E-state index in [0.717, 1.165) is 11.1 Å². The topological polar surface area (TPSA) is 20.2 Å². The molecule has 4 heteroatoms. The van der Waals surface area contributed by atoms with E-state index in [1.807, 2.05) is 6.92 Å². The normalized spacial score (nSPS) is 14.1. The highest BCUT2D eigenvalue weighted by Gasteiger charge is 2.40. The van der Waals surface area contributed by atoms with E-state index < -0.39 is 12.3 Å². The first-order chi connectivity index (χ1) is 6.73. The number of aliphatic hydroxyl groups is 1. The van der Waals surface area contributed by atoms with Gasteiger partial charge in [0.05, 0.1) is 0 Å². The third kappa shape index (κ3) is 2.50. The average Bonchev–Trinajstić information content (AvgIpc) is 2.08. The molecule has 0 unspecified atom stereocenters. The fraction of sp³-hybridized carbons (Fsp3) is 0.455. The predicted molar refractivity (Wildman–Crippen MR) is 51.7 cm³/mol. The highest BCUT2D eigenvalue weighted by molar-refractivity contribution is 5.38. The molecule has 0 radical (unpaired) electrons. The minimum absolute atomic E-state index is 0.0643. The standard InChI is InChI=1S/C11H13F3O/c1-6-4-8(3)9(5-7(6)2)10(15)11(12,13)14/h4-5,10,15H,1-3H3/t10-/m0/s1. The van der Waals surface area contributed by atoms with Gasteiger partial charge in [-0.3, -0.25) is 0 Å². The van der Waals surface area contributed by atoms with E-state index >= 15 is 0 Å². The molecule has 0 fully saturated rings. The van der Waals surface area contributed by atoms with E-state index in [1.54, 1.807) is 19.9 Å². The maximum Gasteiger partial charge on any atom is 0.418 e. The van der Waals surface area contributed by atoms with E-state index in [1.165, 1.54) is 6.07 Å². The lowest BCUT2D eigenvalue weighted by Crippen LogP contribution is -2.21. The molecule has 1 nitrogen and oxygen atoms in total. The Hall–Kier alpha value is -1.03. The van der Waals surface area contributed by atoms with E-state index in [2.05, 4.69) is 0 Å². The second-order valence-electron chi connectivity index (χ2n) is 3.74. The molecule has 0 aromatic heterocycles. The number of rotatable bonds is 1. The Bertz CT molecular complexity index is 369. The van der Waals surface area contributed by atoms with E-state index in [-0.39, 0.29) is 5.56 Å². The molecule has 0 aliphatic carbocycles. The summed E-state index contributed by atoms with van der Waals surface area (Å²) in [4.78, 5) is 0. The molecular weight excluding hydrogens is 205 g/mol. The summed E-state index contributed by atoms with van der Waals surface area (Å²) in [6.45, 7) is 5.12. The van der Waals surface area contributed by atoms with Crippen LogP contribution in [0, 0.1) is 20.8 Å². The van der Waals surface area contributed by atoms with Crippen LogP contribution in [0.3, 0.4) is 0 Å². The molecule has 15 heavy (non-hydrogen) atoms. The summed E-state index contributed by atoms with van der Waals surface area (Å²) in [5.41, 5.74) is 2.07. The molecular formula is C11H13F3O. The monoisotopic (exact) mass is 218 g/mol. The number of hydrogen-bond donors (Lipinski definition) is 1. The van der Waals surface area contributed by atoms with Gasteiger partial charge in [0.15, 0.2) is 6.10 Å². The van der Waals surface area contributed by atoms with Crippen LogP contribution < -0.4 is 0 Å². The zero-order chi connectivity index (χ0) is 11.8. The molecule has 1 atom stereocenters. The molecule has 0 saturated carbocycles. The van der Waals surface area contributed by atoms with E-state index in [0.29, 0.717) is 5.56 Å². The predicted octanol–water partition coefficient (Wildman–Crippen LogP) is 3.21. The van der Waals surface area contributed by atoms with Crippen molar-refractivity contribution in [3.8, 4) is 0 Å². The van der Waals surface area contributed by atoms with Crippen molar-refractivity contribution in [1.82, 2.24) is 0 Å². The van der Waals surface area contributed by atoms with E-state index in [4.69, 9.17) is 5.11 Å². The third-order valence-corrected chi connectivity index (χ3v) is 2.49. The first kappa shape index (κ1) is 12.0. The largest absolute Gasteiger partial charge is 0.418 e. The number of aryl methyl sites for hydroxylation is 3. The number of alkyl halides is 3. The van der Waals surface area contributed by atoms with Crippen molar-refractivity contribution < 1.29 is 18.3 Å². The number of benzene rings is 1. The van der Waals surface area contributed by atoms with Crippen LogP contribution in [0.1, 0.15) is 28.4 Å². The maximum atomic E-state index is 12.3. The lowest BCUT2D eigenvalue weighted by Gasteiger charge is -2.18. The number of aliphatic hydroxyl groups excluding tert-OH is 1. The van der Waals surface area contributed by atoms with Gasteiger partial charge in [0.1, 0.15) is 0 Å². The molecule has 1 aromatic carbocycles. The molecule has 0 saturated heterocycles. The second-order valence-corrected chi connectivity index (χ2v) is 3.74. The van der Waals surface area contributed by atoms with Crippen LogP contribution >= 0.6 is 0 Å². The van der Waals surface area contributed by atoms with Gasteiger partial charge in [0.25, 0.3) is 0 Å². The fourth-order valence-electron chi connectivity index (χ4n) is 1.45. The minimum atomic E-state index is -4.60. The summed E-state index contributed by atoms with van der Waals surface area (Å²) in [5.74, 6) is 0. The number of halogens is 3. The first-order valence-corrected chi connectivity index (χ1v) is 4.56. The second kappa shape index (κ2) is 3.85.